The van der Waals surface area contributed by atoms with Gasteiger partial charge in [-0.1, -0.05) is 11.2 Å². The zero-order valence-corrected chi connectivity index (χ0v) is 17.9. The van der Waals surface area contributed by atoms with Crippen molar-refractivity contribution in [3.8, 4) is 0 Å². The van der Waals surface area contributed by atoms with Crippen LogP contribution in [0.3, 0.4) is 0 Å². The van der Waals surface area contributed by atoms with Crippen molar-refractivity contribution in [3.63, 3.8) is 0 Å². The molecule has 1 fully saturated rings. The lowest BCUT2D eigenvalue weighted by Crippen LogP contribution is -2.62. The van der Waals surface area contributed by atoms with E-state index in [1.165, 1.54) is 17.0 Å². The van der Waals surface area contributed by atoms with E-state index in [1.807, 2.05) is 0 Å². The number of nitrogens with one attached hydrogen (secondary N) is 1. The first kappa shape index (κ1) is 25.7. The van der Waals surface area contributed by atoms with E-state index in [4.69, 9.17) is 5.53 Å². The second-order valence-electron chi connectivity index (χ2n) is 7.37. The third-order valence-electron chi connectivity index (χ3n) is 5.18. The van der Waals surface area contributed by atoms with Crippen LogP contribution in [0, 0.1) is 10.1 Å². The standard InChI is InChI=1S/C17H26N6O8S/c18-21-20-11-2-3-12(13(8-11)23(28)29)19-4-7-32(30,31)6-1-5-22-9-15(25)17(27)16(26)14(22)10-24/h2-3,8,14-17,19,24-27H,1,4-7,9-10H2/t14-,15+,16-,17-/m1/s1. The van der Waals surface area contributed by atoms with Gasteiger partial charge in [0.25, 0.3) is 5.69 Å². The van der Waals surface area contributed by atoms with Crippen LogP contribution in [0.25, 0.3) is 10.4 Å². The third kappa shape index (κ3) is 6.74. The third-order valence-corrected chi connectivity index (χ3v) is 6.92. The van der Waals surface area contributed by atoms with Crippen molar-refractivity contribution in [3.05, 3.63) is 38.8 Å². The molecule has 2 rings (SSSR count). The Kier molecular flexibility index (Phi) is 9.15. The highest BCUT2D eigenvalue weighted by Crippen LogP contribution is 2.29. The Bertz CT molecular complexity index is 954. The lowest BCUT2D eigenvalue weighted by atomic mass is 9.94. The zero-order valence-electron chi connectivity index (χ0n) is 17.1. The molecule has 1 saturated heterocycles. The number of piperidine rings is 1. The van der Waals surface area contributed by atoms with Gasteiger partial charge < -0.3 is 25.7 Å². The number of β-amino-alcohol motifs (C(OH)–C–C–N with tert-alkyl or cyclic N) is 1. The number of aliphatic hydroxyl groups is 4. The average Bonchev–Trinajstić information content (AvgIpc) is 2.73. The summed E-state index contributed by atoms with van der Waals surface area (Å²) in [5, 5.41) is 56.1. The van der Waals surface area contributed by atoms with Gasteiger partial charge in [0.1, 0.15) is 17.9 Å². The lowest BCUT2D eigenvalue weighted by Gasteiger charge is -2.43. The van der Waals surface area contributed by atoms with Crippen LogP contribution in [-0.2, 0) is 9.84 Å². The topological polar surface area (TPSA) is 222 Å². The Morgan fingerprint density at radius 1 is 1.28 bits per heavy atom. The lowest BCUT2D eigenvalue weighted by molar-refractivity contribution is -0.383. The molecule has 0 saturated carbocycles. The molecule has 1 aromatic carbocycles. The average molecular weight is 474 g/mol. The molecule has 0 amide bonds. The summed E-state index contributed by atoms with van der Waals surface area (Å²) < 4.78 is 24.6. The Morgan fingerprint density at radius 3 is 2.62 bits per heavy atom. The molecular weight excluding hydrogens is 448 g/mol. The molecule has 5 N–H and O–H groups in total. The number of aliphatic hydroxyl groups excluding tert-OH is 4. The number of benzene rings is 1. The molecule has 1 heterocycles. The van der Waals surface area contributed by atoms with Crippen LogP contribution in [0.2, 0.25) is 0 Å². The molecule has 0 bridgehead atoms. The van der Waals surface area contributed by atoms with Gasteiger partial charge in [-0.25, -0.2) is 8.42 Å². The normalized spacial score (nSPS) is 24.0. The van der Waals surface area contributed by atoms with Crippen molar-refractivity contribution in [1.82, 2.24) is 4.90 Å². The quantitative estimate of drug-likeness (QED) is 0.0909. The maximum absolute atomic E-state index is 12.3. The van der Waals surface area contributed by atoms with Gasteiger partial charge in [-0.15, -0.1) is 0 Å². The van der Waals surface area contributed by atoms with Crippen molar-refractivity contribution in [2.24, 2.45) is 5.11 Å². The van der Waals surface area contributed by atoms with E-state index < -0.39 is 45.7 Å². The van der Waals surface area contributed by atoms with Gasteiger partial charge in [0.15, 0.2) is 9.84 Å². The van der Waals surface area contributed by atoms with Crippen LogP contribution in [0.4, 0.5) is 17.1 Å². The molecule has 0 radical (unpaired) electrons. The van der Waals surface area contributed by atoms with Crippen molar-refractivity contribution in [1.29, 1.82) is 0 Å². The van der Waals surface area contributed by atoms with Gasteiger partial charge in [0, 0.05) is 29.8 Å². The molecule has 0 unspecified atom stereocenters. The largest absolute Gasteiger partial charge is 0.395 e. The van der Waals surface area contributed by atoms with E-state index in [-0.39, 0.29) is 54.6 Å². The van der Waals surface area contributed by atoms with E-state index >= 15 is 0 Å². The Balaban J connectivity index is 1.88. The summed E-state index contributed by atoms with van der Waals surface area (Å²) >= 11 is 0. The summed E-state index contributed by atoms with van der Waals surface area (Å²) in [4.78, 5) is 14.6. The molecule has 4 atom stereocenters. The molecule has 0 spiro atoms. The molecule has 15 heteroatoms. The van der Waals surface area contributed by atoms with Crippen molar-refractivity contribution >= 4 is 26.9 Å². The van der Waals surface area contributed by atoms with Crippen LogP contribution in [0.15, 0.2) is 23.3 Å². The van der Waals surface area contributed by atoms with Gasteiger partial charge in [0.2, 0.25) is 0 Å². The maximum Gasteiger partial charge on any atom is 0.292 e. The van der Waals surface area contributed by atoms with Gasteiger partial charge >= 0.3 is 0 Å². The fourth-order valence-corrected chi connectivity index (χ4v) is 4.69. The highest BCUT2D eigenvalue weighted by Gasteiger charge is 2.40. The number of azide groups is 1. The molecular formula is C17H26N6O8S. The smallest absolute Gasteiger partial charge is 0.292 e. The summed E-state index contributed by atoms with van der Waals surface area (Å²) in [5.74, 6) is -0.508. The van der Waals surface area contributed by atoms with Gasteiger partial charge in [-0.05, 0) is 24.6 Å². The van der Waals surface area contributed by atoms with Crippen LogP contribution < -0.4 is 5.32 Å². The van der Waals surface area contributed by atoms with E-state index in [0.29, 0.717) is 0 Å². The number of nitro benzene ring substituents is 1. The number of sulfone groups is 1. The number of likely N-dealkylation sites (tertiary alicyclic amines) is 1. The summed E-state index contributed by atoms with van der Waals surface area (Å²) in [5.41, 5.74) is 8.21. The molecule has 178 valence electrons. The van der Waals surface area contributed by atoms with E-state index in [1.54, 1.807) is 0 Å². The first-order chi connectivity index (χ1) is 15.1. The fraction of sp³-hybridized carbons (Fsp3) is 0.647. The molecule has 32 heavy (non-hydrogen) atoms. The Hall–Kier alpha value is -2.52. The Morgan fingerprint density at radius 2 is 2.00 bits per heavy atom. The van der Waals surface area contributed by atoms with Crippen molar-refractivity contribution < 1.29 is 33.8 Å². The van der Waals surface area contributed by atoms with Crippen molar-refractivity contribution in [2.75, 3.05) is 43.1 Å². The second kappa shape index (κ2) is 11.4. The highest BCUT2D eigenvalue weighted by molar-refractivity contribution is 7.91. The minimum atomic E-state index is -3.53. The van der Waals surface area contributed by atoms with Crippen LogP contribution in [0.5, 0.6) is 0 Å². The summed E-state index contributed by atoms with van der Waals surface area (Å²) in [6.45, 7) is -0.388. The van der Waals surface area contributed by atoms with Crippen LogP contribution in [-0.4, -0.2) is 101 Å². The van der Waals surface area contributed by atoms with Crippen molar-refractivity contribution in [2.45, 2.75) is 30.8 Å². The first-order valence-corrected chi connectivity index (χ1v) is 11.6. The molecule has 1 aliphatic heterocycles. The minimum absolute atomic E-state index is 0.0133. The van der Waals surface area contributed by atoms with Gasteiger partial charge in [-0.2, -0.15) is 0 Å². The highest BCUT2D eigenvalue weighted by atomic mass is 32.2. The van der Waals surface area contributed by atoms with Crippen LogP contribution in [0.1, 0.15) is 6.42 Å². The van der Waals surface area contributed by atoms with Gasteiger partial charge in [0.05, 0.1) is 35.2 Å². The number of nitro groups is 1. The summed E-state index contributed by atoms with van der Waals surface area (Å²) in [6, 6.07) is 2.95. The minimum Gasteiger partial charge on any atom is -0.395 e. The monoisotopic (exact) mass is 474 g/mol. The fourth-order valence-electron chi connectivity index (χ4n) is 3.50. The molecule has 0 aromatic heterocycles. The second-order valence-corrected chi connectivity index (χ2v) is 9.68. The first-order valence-electron chi connectivity index (χ1n) is 9.76. The number of hydrogen-bond acceptors (Lipinski definition) is 11. The molecule has 1 aliphatic rings. The van der Waals surface area contributed by atoms with E-state index in [0.717, 1.165) is 6.07 Å². The number of hydrogen-bond donors (Lipinski definition) is 5. The number of nitrogens with zero attached hydrogens (tertiary/aromatic N) is 5. The molecule has 0 aliphatic carbocycles. The van der Waals surface area contributed by atoms with E-state index in [2.05, 4.69) is 15.3 Å². The van der Waals surface area contributed by atoms with Gasteiger partial charge in [-0.3, -0.25) is 15.0 Å². The summed E-state index contributed by atoms with van der Waals surface area (Å²) in [6.07, 6.45) is -3.79. The predicted molar refractivity (Wildman–Crippen MR) is 114 cm³/mol. The Labute approximate surface area is 183 Å². The SMILES string of the molecule is [N-]=[N+]=Nc1ccc(NCCS(=O)(=O)CCCN2C[C@H](O)[C@@H](O)[C@H](O)[C@H]2CO)c([N+](=O)[O-])c1. The number of anilines is 1. The zero-order chi connectivity index (χ0) is 23.9. The van der Waals surface area contributed by atoms with E-state index in [9.17, 15) is 39.0 Å². The molecule has 1 aromatic rings. The predicted octanol–water partition coefficient (Wildman–Crippen LogP) is -0.487. The summed E-state index contributed by atoms with van der Waals surface area (Å²) in [7, 11) is -3.53. The molecule has 14 nitrogen and oxygen atoms in total. The number of rotatable bonds is 11. The van der Waals surface area contributed by atoms with Crippen LogP contribution >= 0.6 is 0 Å². The maximum atomic E-state index is 12.3.